The highest BCUT2D eigenvalue weighted by molar-refractivity contribution is 5.97. The third-order valence-corrected chi connectivity index (χ3v) is 4.96. The Balaban J connectivity index is 1.83. The summed E-state index contributed by atoms with van der Waals surface area (Å²) in [5, 5.41) is 0. The Morgan fingerprint density at radius 3 is 3.11 bits per heavy atom. The molecule has 3 nitrogen and oxygen atoms in total. The second-order valence-electron chi connectivity index (χ2n) is 5.77. The third kappa shape index (κ3) is 1.14. The van der Waals surface area contributed by atoms with E-state index in [1.54, 1.807) is 0 Å². The maximum atomic E-state index is 11.3. The number of hydrogen-bond acceptors (Lipinski definition) is 3. The molecule has 2 atom stereocenters. The van der Waals surface area contributed by atoms with Crippen molar-refractivity contribution in [1.82, 2.24) is 0 Å². The Kier molecular flexibility index (Phi) is 1.93. The topological polar surface area (TPSA) is 32.7 Å². The van der Waals surface area contributed by atoms with Crippen LogP contribution < -0.4 is 4.90 Å². The molecule has 2 aliphatic heterocycles. The van der Waals surface area contributed by atoms with E-state index >= 15 is 0 Å². The van der Waals surface area contributed by atoms with Crippen molar-refractivity contribution in [2.75, 3.05) is 4.90 Å². The second-order valence-corrected chi connectivity index (χ2v) is 5.77. The highest BCUT2D eigenvalue weighted by atomic mass is 16.1. The fourth-order valence-corrected chi connectivity index (χ4v) is 3.85. The summed E-state index contributed by atoms with van der Waals surface area (Å²) in [7, 11) is 0. The zero-order valence-electron chi connectivity index (χ0n) is 10.8. The van der Waals surface area contributed by atoms with E-state index in [1.807, 2.05) is 12.4 Å². The fourth-order valence-electron chi connectivity index (χ4n) is 3.85. The van der Waals surface area contributed by atoms with Gasteiger partial charge < -0.3 is 9.69 Å². The highest BCUT2D eigenvalue weighted by Crippen LogP contribution is 2.62. The van der Waals surface area contributed by atoms with E-state index in [2.05, 4.69) is 34.7 Å². The van der Waals surface area contributed by atoms with Crippen LogP contribution in [0.5, 0.6) is 0 Å². The molecule has 1 saturated carbocycles. The number of nitrogens with zero attached hydrogens (tertiary/aromatic N) is 2. The van der Waals surface area contributed by atoms with Gasteiger partial charge in [-0.25, -0.2) is 0 Å². The van der Waals surface area contributed by atoms with Gasteiger partial charge in [-0.2, -0.15) is 0 Å². The Morgan fingerprint density at radius 2 is 2.37 bits per heavy atom. The van der Waals surface area contributed by atoms with E-state index < -0.39 is 5.54 Å². The van der Waals surface area contributed by atoms with Crippen LogP contribution in [0.15, 0.2) is 35.8 Å². The van der Waals surface area contributed by atoms with E-state index in [9.17, 15) is 4.79 Å². The van der Waals surface area contributed by atoms with Crippen molar-refractivity contribution >= 4 is 18.3 Å². The molecule has 0 amide bonds. The molecule has 1 aliphatic carbocycles. The predicted octanol–water partition coefficient (Wildman–Crippen LogP) is 2.29. The van der Waals surface area contributed by atoms with Crippen molar-refractivity contribution in [3.05, 3.63) is 42.0 Å². The van der Waals surface area contributed by atoms with E-state index in [0.717, 1.165) is 32.0 Å². The number of rotatable bonds is 3. The summed E-state index contributed by atoms with van der Waals surface area (Å²) < 4.78 is 0. The van der Waals surface area contributed by atoms with E-state index in [1.165, 1.54) is 16.8 Å². The third-order valence-electron chi connectivity index (χ3n) is 4.96. The lowest BCUT2D eigenvalue weighted by Crippen LogP contribution is -2.42. The summed E-state index contributed by atoms with van der Waals surface area (Å²) in [6.45, 7) is 3.83. The zero-order valence-corrected chi connectivity index (χ0v) is 10.8. The van der Waals surface area contributed by atoms with Crippen LogP contribution in [0.1, 0.15) is 24.0 Å². The number of aliphatic imine (C=N–C) groups is 1. The number of carbonyl (C=O) groups is 1. The molecule has 3 aliphatic rings. The first-order chi connectivity index (χ1) is 9.26. The van der Waals surface area contributed by atoms with Crippen LogP contribution >= 0.6 is 0 Å². The van der Waals surface area contributed by atoms with Crippen LogP contribution in [0.4, 0.5) is 5.69 Å². The molecule has 0 radical (unpaired) electrons. The summed E-state index contributed by atoms with van der Waals surface area (Å²) in [4.78, 5) is 18.1. The fraction of sp³-hybridized carbons (Fsp3) is 0.375. The number of carbonyl (C=O) groups excluding carboxylic acids is 1. The standard InChI is InChI=1S/C16H16N2O/c1-2-4-12-5-3-6-14-13(12)7-8-16-9-15(16,10-19)17-11-18(14)16/h2-3,5-6,10-11H,1,4,7-9H2. The predicted molar refractivity (Wildman–Crippen MR) is 75.8 cm³/mol. The normalized spacial score (nSPS) is 33.4. The first-order valence-corrected chi connectivity index (χ1v) is 6.79. The molecular weight excluding hydrogens is 236 g/mol. The summed E-state index contributed by atoms with van der Waals surface area (Å²) in [5.41, 5.74) is 3.48. The molecule has 0 aromatic heterocycles. The number of fused-ring (bicyclic) bond motifs is 2. The molecule has 0 saturated heterocycles. The van der Waals surface area contributed by atoms with Gasteiger partial charge in [0.2, 0.25) is 0 Å². The van der Waals surface area contributed by atoms with Crippen LogP contribution in [0, 0.1) is 0 Å². The zero-order chi connectivity index (χ0) is 13.1. The SMILES string of the molecule is C=CCc1cccc2c1CCC13CC1(C=O)N=CN23. The molecule has 0 bridgehead atoms. The molecule has 4 rings (SSSR count). The van der Waals surface area contributed by atoms with Crippen LogP contribution in [0.3, 0.4) is 0 Å². The minimum absolute atomic E-state index is 0.0471. The van der Waals surface area contributed by atoms with Crippen LogP contribution in [-0.4, -0.2) is 23.7 Å². The number of aldehydes is 1. The van der Waals surface area contributed by atoms with Crippen molar-refractivity contribution in [3.63, 3.8) is 0 Å². The molecule has 2 unspecified atom stereocenters. The van der Waals surface area contributed by atoms with Crippen molar-refractivity contribution in [2.45, 2.75) is 36.8 Å². The molecule has 19 heavy (non-hydrogen) atoms. The van der Waals surface area contributed by atoms with Crippen LogP contribution in [0.2, 0.25) is 0 Å². The van der Waals surface area contributed by atoms with Gasteiger partial charge in [-0.3, -0.25) is 4.99 Å². The molecule has 2 heterocycles. The van der Waals surface area contributed by atoms with Crippen molar-refractivity contribution < 1.29 is 4.79 Å². The minimum atomic E-state index is -0.445. The Labute approximate surface area is 112 Å². The van der Waals surface area contributed by atoms with Gasteiger partial charge >= 0.3 is 0 Å². The average Bonchev–Trinajstić information content (AvgIpc) is 2.96. The summed E-state index contributed by atoms with van der Waals surface area (Å²) in [6.07, 6.45) is 8.70. The summed E-state index contributed by atoms with van der Waals surface area (Å²) in [6, 6.07) is 6.41. The van der Waals surface area contributed by atoms with Gasteiger partial charge in [0.25, 0.3) is 0 Å². The van der Waals surface area contributed by atoms with Crippen molar-refractivity contribution in [2.24, 2.45) is 4.99 Å². The van der Waals surface area contributed by atoms with Gasteiger partial charge in [-0.15, -0.1) is 6.58 Å². The maximum absolute atomic E-state index is 11.3. The molecular formula is C16H16N2O. The number of allylic oxidation sites excluding steroid dienone is 1. The number of hydrogen-bond donors (Lipinski definition) is 0. The highest BCUT2D eigenvalue weighted by Gasteiger charge is 2.74. The molecule has 1 aromatic carbocycles. The largest absolute Gasteiger partial charge is 0.323 e. The van der Waals surface area contributed by atoms with Crippen molar-refractivity contribution in [1.29, 1.82) is 0 Å². The molecule has 3 heteroatoms. The van der Waals surface area contributed by atoms with Gasteiger partial charge in [-0.1, -0.05) is 18.2 Å². The molecule has 1 fully saturated rings. The number of benzene rings is 1. The van der Waals surface area contributed by atoms with E-state index in [0.29, 0.717) is 0 Å². The van der Waals surface area contributed by atoms with E-state index in [4.69, 9.17) is 0 Å². The van der Waals surface area contributed by atoms with Crippen molar-refractivity contribution in [3.8, 4) is 0 Å². The van der Waals surface area contributed by atoms with Gasteiger partial charge in [0.1, 0.15) is 11.8 Å². The average molecular weight is 252 g/mol. The summed E-state index contributed by atoms with van der Waals surface area (Å²) >= 11 is 0. The first kappa shape index (κ1) is 11.0. The van der Waals surface area contributed by atoms with Gasteiger partial charge in [0.15, 0.2) is 0 Å². The Morgan fingerprint density at radius 1 is 1.47 bits per heavy atom. The second kappa shape index (κ2) is 3.35. The summed E-state index contributed by atoms with van der Waals surface area (Å²) in [5.74, 6) is 0. The lowest BCUT2D eigenvalue weighted by atomic mass is 9.88. The Bertz CT molecular complexity index is 621. The quantitative estimate of drug-likeness (QED) is 0.611. The lowest BCUT2D eigenvalue weighted by Gasteiger charge is -2.35. The monoisotopic (exact) mass is 252 g/mol. The van der Waals surface area contributed by atoms with Gasteiger partial charge in [-0.05, 0) is 36.5 Å². The van der Waals surface area contributed by atoms with Crippen LogP contribution in [0.25, 0.3) is 0 Å². The number of anilines is 1. The molecule has 96 valence electrons. The first-order valence-electron chi connectivity index (χ1n) is 6.79. The minimum Gasteiger partial charge on any atom is -0.323 e. The van der Waals surface area contributed by atoms with Gasteiger partial charge in [0.05, 0.1) is 11.9 Å². The molecule has 1 aromatic rings. The smallest absolute Gasteiger partial charge is 0.150 e. The Hall–Kier alpha value is -1.90. The maximum Gasteiger partial charge on any atom is 0.150 e. The lowest BCUT2D eigenvalue weighted by molar-refractivity contribution is -0.109. The van der Waals surface area contributed by atoms with E-state index in [-0.39, 0.29) is 5.54 Å². The van der Waals surface area contributed by atoms with Crippen LogP contribution in [-0.2, 0) is 17.6 Å². The van der Waals surface area contributed by atoms with Gasteiger partial charge in [0, 0.05) is 12.1 Å². The molecule has 1 spiro atoms. The molecule has 0 N–H and O–H groups in total.